The molecule has 0 bridgehead atoms. The molecular formula is C11H18ClNO. The first-order valence-electron chi connectivity index (χ1n) is 5.72. The Morgan fingerprint density at radius 1 is 1.14 bits per heavy atom. The van der Waals surface area contributed by atoms with Gasteiger partial charge in [0.2, 0.25) is 5.91 Å². The molecule has 2 saturated carbocycles. The van der Waals surface area contributed by atoms with Crippen molar-refractivity contribution >= 4 is 17.5 Å². The zero-order valence-electron chi connectivity index (χ0n) is 8.47. The maximum Gasteiger partial charge on any atom is 0.238 e. The second-order valence-electron chi connectivity index (χ2n) is 4.58. The van der Waals surface area contributed by atoms with E-state index in [2.05, 4.69) is 5.32 Å². The van der Waals surface area contributed by atoms with Gasteiger partial charge in [0, 0.05) is 6.04 Å². The smallest absolute Gasteiger partial charge is 0.238 e. The number of nitrogens with one attached hydrogen (secondary N) is 1. The maximum atomic E-state index is 11.6. The van der Waals surface area contributed by atoms with Crippen LogP contribution >= 0.6 is 11.6 Å². The van der Waals surface area contributed by atoms with Crippen LogP contribution in [0, 0.1) is 5.92 Å². The van der Waals surface area contributed by atoms with Gasteiger partial charge in [0.15, 0.2) is 0 Å². The third-order valence-electron chi connectivity index (χ3n) is 3.24. The molecule has 0 aromatic heterocycles. The number of carbonyl (C=O) groups excluding carboxylic acids is 1. The molecule has 0 saturated heterocycles. The number of hydrogen-bond donors (Lipinski definition) is 1. The van der Waals surface area contributed by atoms with Gasteiger partial charge >= 0.3 is 0 Å². The first-order valence-corrected chi connectivity index (χ1v) is 6.15. The number of hydrogen-bond acceptors (Lipinski definition) is 1. The third-order valence-corrected chi connectivity index (χ3v) is 3.79. The van der Waals surface area contributed by atoms with Crippen molar-refractivity contribution in [1.29, 1.82) is 0 Å². The molecule has 0 spiro atoms. The van der Waals surface area contributed by atoms with E-state index >= 15 is 0 Å². The highest BCUT2D eigenvalue weighted by molar-refractivity contribution is 6.31. The summed E-state index contributed by atoms with van der Waals surface area (Å²) in [5, 5.41) is 2.80. The van der Waals surface area contributed by atoms with Crippen LogP contribution in [0.5, 0.6) is 0 Å². The van der Waals surface area contributed by atoms with E-state index in [9.17, 15) is 4.79 Å². The zero-order chi connectivity index (χ0) is 9.97. The third kappa shape index (κ3) is 2.63. The highest BCUT2D eigenvalue weighted by Gasteiger charge is 2.35. The molecule has 2 fully saturated rings. The van der Waals surface area contributed by atoms with E-state index in [0.29, 0.717) is 12.0 Å². The monoisotopic (exact) mass is 215 g/mol. The molecule has 0 radical (unpaired) electrons. The predicted octanol–water partition coefficient (Wildman–Crippen LogP) is 2.45. The lowest BCUT2D eigenvalue weighted by molar-refractivity contribution is -0.122. The fourth-order valence-electron chi connectivity index (χ4n) is 2.13. The molecule has 0 aromatic carbocycles. The largest absolute Gasteiger partial charge is 0.352 e. The van der Waals surface area contributed by atoms with E-state index in [4.69, 9.17) is 11.6 Å². The zero-order valence-corrected chi connectivity index (χ0v) is 9.22. The summed E-state index contributed by atoms with van der Waals surface area (Å²) in [7, 11) is 0. The Morgan fingerprint density at radius 3 is 2.36 bits per heavy atom. The van der Waals surface area contributed by atoms with Gasteiger partial charge in [-0.15, -0.1) is 11.6 Å². The van der Waals surface area contributed by atoms with Gasteiger partial charge in [0.25, 0.3) is 0 Å². The van der Waals surface area contributed by atoms with Crippen molar-refractivity contribution in [2.75, 3.05) is 0 Å². The predicted molar refractivity (Wildman–Crippen MR) is 57.4 cm³/mol. The number of carbonyl (C=O) groups is 1. The minimum Gasteiger partial charge on any atom is -0.352 e. The summed E-state index contributed by atoms with van der Waals surface area (Å²) in [6.45, 7) is 0. The molecule has 1 unspecified atom stereocenters. The highest BCUT2D eigenvalue weighted by atomic mass is 35.5. The first-order chi connectivity index (χ1) is 6.77. The Balaban J connectivity index is 1.74. The van der Waals surface area contributed by atoms with Crippen LogP contribution in [0.2, 0.25) is 0 Å². The van der Waals surface area contributed by atoms with Crippen molar-refractivity contribution < 1.29 is 4.79 Å². The number of rotatable bonds is 3. The molecule has 2 rings (SSSR count). The normalized spacial score (nSPS) is 25.8. The van der Waals surface area contributed by atoms with Crippen LogP contribution in [0.25, 0.3) is 0 Å². The van der Waals surface area contributed by atoms with Crippen molar-refractivity contribution in [3.05, 3.63) is 0 Å². The van der Waals surface area contributed by atoms with Crippen molar-refractivity contribution in [2.45, 2.75) is 56.4 Å². The summed E-state index contributed by atoms with van der Waals surface area (Å²) in [6.07, 6.45) is 8.36. The Labute approximate surface area is 90.4 Å². The van der Waals surface area contributed by atoms with Gasteiger partial charge in [-0.2, -0.15) is 0 Å². The van der Waals surface area contributed by atoms with Crippen LogP contribution in [0.3, 0.4) is 0 Å². The molecule has 1 atom stereocenters. The van der Waals surface area contributed by atoms with Gasteiger partial charge in [-0.05, 0) is 31.6 Å². The van der Waals surface area contributed by atoms with Gasteiger partial charge in [-0.25, -0.2) is 0 Å². The Bertz CT molecular complexity index is 209. The molecule has 2 aliphatic carbocycles. The van der Waals surface area contributed by atoms with Gasteiger partial charge < -0.3 is 5.32 Å². The van der Waals surface area contributed by atoms with E-state index in [0.717, 1.165) is 25.7 Å². The molecular weight excluding hydrogens is 198 g/mol. The Kier molecular flexibility index (Phi) is 3.32. The van der Waals surface area contributed by atoms with Gasteiger partial charge in [0.1, 0.15) is 5.38 Å². The summed E-state index contributed by atoms with van der Waals surface area (Å²) >= 11 is 6.04. The van der Waals surface area contributed by atoms with Crippen LogP contribution in [0.15, 0.2) is 0 Å². The molecule has 3 heteroatoms. The molecule has 0 aliphatic heterocycles. The number of halogens is 1. The first kappa shape index (κ1) is 10.3. The van der Waals surface area contributed by atoms with Crippen molar-refractivity contribution in [3.8, 4) is 0 Å². The topological polar surface area (TPSA) is 29.1 Å². The molecule has 2 aliphatic rings. The molecule has 1 N–H and O–H groups in total. The van der Waals surface area contributed by atoms with Crippen LogP contribution in [0.4, 0.5) is 0 Å². The highest BCUT2D eigenvalue weighted by Crippen LogP contribution is 2.35. The second-order valence-corrected chi connectivity index (χ2v) is 5.05. The minimum absolute atomic E-state index is 0.0704. The Morgan fingerprint density at radius 2 is 1.79 bits per heavy atom. The molecule has 0 heterocycles. The SMILES string of the molecule is O=C(NC1CCCCC1)C(Cl)C1CC1. The van der Waals surface area contributed by atoms with Gasteiger partial charge in [0.05, 0.1) is 0 Å². The van der Waals surface area contributed by atoms with Gasteiger partial charge in [-0.3, -0.25) is 4.79 Å². The minimum atomic E-state index is -0.267. The summed E-state index contributed by atoms with van der Waals surface area (Å²) in [5.41, 5.74) is 0. The molecule has 1 amide bonds. The van der Waals surface area contributed by atoms with Crippen LogP contribution in [-0.4, -0.2) is 17.3 Å². The summed E-state index contributed by atoms with van der Waals surface area (Å²) in [5.74, 6) is 0.529. The van der Waals surface area contributed by atoms with E-state index in [1.54, 1.807) is 0 Å². The standard InChI is InChI=1S/C11H18ClNO/c12-10(8-6-7-8)11(14)13-9-4-2-1-3-5-9/h8-10H,1-7H2,(H,13,14). The van der Waals surface area contributed by atoms with Crippen LogP contribution < -0.4 is 5.32 Å². The van der Waals surface area contributed by atoms with Crippen molar-refractivity contribution in [3.63, 3.8) is 0 Å². The fraction of sp³-hybridized carbons (Fsp3) is 0.909. The summed E-state index contributed by atoms with van der Waals surface area (Å²) in [4.78, 5) is 11.6. The van der Waals surface area contributed by atoms with Crippen molar-refractivity contribution in [2.24, 2.45) is 5.92 Å². The van der Waals surface area contributed by atoms with E-state index in [1.165, 1.54) is 19.3 Å². The lowest BCUT2D eigenvalue weighted by Crippen LogP contribution is -2.41. The van der Waals surface area contributed by atoms with E-state index in [1.807, 2.05) is 0 Å². The fourth-order valence-corrected chi connectivity index (χ4v) is 2.45. The van der Waals surface area contributed by atoms with Crippen LogP contribution in [-0.2, 0) is 4.79 Å². The number of alkyl halides is 1. The van der Waals surface area contributed by atoms with Gasteiger partial charge in [-0.1, -0.05) is 19.3 Å². The van der Waals surface area contributed by atoms with E-state index < -0.39 is 0 Å². The summed E-state index contributed by atoms with van der Waals surface area (Å²) in [6, 6.07) is 0.399. The molecule has 80 valence electrons. The van der Waals surface area contributed by atoms with Crippen molar-refractivity contribution in [1.82, 2.24) is 5.32 Å². The lowest BCUT2D eigenvalue weighted by atomic mass is 9.95. The number of amides is 1. The molecule has 14 heavy (non-hydrogen) atoms. The lowest BCUT2D eigenvalue weighted by Gasteiger charge is -2.23. The second kappa shape index (κ2) is 4.52. The Hall–Kier alpha value is -0.240. The molecule has 2 nitrogen and oxygen atoms in total. The summed E-state index contributed by atoms with van der Waals surface area (Å²) < 4.78 is 0. The average Bonchev–Trinajstić information content (AvgIpc) is 3.01. The maximum absolute atomic E-state index is 11.6. The quantitative estimate of drug-likeness (QED) is 0.720. The van der Waals surface area contributed by atoms with E-state index in [-0.39, 0.29) is 11.3 Å². The average molecular weight is 216 g/mol. The van der Waals surface area contributed by atoms with Crippen LogP contribution in [0.1, 0.15) is 44.9 Å². The molecule has 0 aromatic rings.